The normalized spacial score (nSPS) is 12.3. The van der Waals surface area contributed by atoms with Crippen LogP contribution in [0.3, 0.4) is 0 Å². The van der Waals surface area contributed by atoms with Crippen molar-refractivity contribution in [2.75, 3.05) is 20.6 Å². The summed E-state index contributed by atoms with van der Waals surface area (Å²) in [5.74, 6) is 0.405. The van der Waals surface area contributed by atoms with Gasteiger partial charge < -0.3 is 4.90 Å². The van der Waals surface area contributed by atoms with Crippen LogP contribution in [0, 0.1) is 0 Å². The van der Waals surface area contributed by atoms with Crippen molar-refractivity contribution in [3.8, 4) is 17.1 Å². The Morgan fingerprint density at radius 3 is 2.48 bits per heavy atom. The van der Waals surface area contributed by atoms with Crippen LogP contribution in [-0.4, -0.2) is 39.7 Å². The first-order valence-electron chi connectivity index (χ1n) is 8.81. The molecule has 0 spiro atoms. The zero-order chi connectivity index (χ0) is 19.0. The van der Waals surface area contributed by atoms with Gasteiger partial charge in [0.2, 0.25) is 0 Å². The van der Waals surface area contributed by atoms with E-state index in [1.807, 2.05) is 67.5 Å². The Bertz CT molecular complexity index is 1120. The summed E-state index contributed by atoms with van der Waals surface area (Å²) in [6.07, 6.45) is 0.705. The van der Waals surface area contributed by atoms with E-state index in [0.717, 1.165) is 27.6 Å². The summed E-state index contributed by atoms with van der Waals surface area (Å²) in [6.45, 7) is 1.14. The molecule has 0 fully saturated rings. The van der Waals surface area contributed by atoms with Crippen molar-refractivity contribution < 1.29 is 0 Å². The Labute approximate surface area is 161 Å². The van der Waals surface area contributed by atoms with Crippen LogP contribution in [0.4, 0.5) is 0 Å². The van der Waals surface area contributed by atoms with E-state index in [1.165, 1.54) is 4.57 Å². The fourth-order valence-electron chi connectivity index (χ4n) is 3.22. The topological polar surface area (TPSA) is 60.1 Å². The van der Waals surface area contributed by atoms with Crippen molar-refractivity contribution in [2.45, 2.75) is 22.8 Å². The molecule has 138 valence electrons. The molecule has 0 atom stereocenters. The smallest absolute Gasteiger partial charge is 0.309 e. The first kappa shape index (κ1) is 17.8. The third kappa shape index (κ3) is 3.24. The number of aromatic nitrogens is 3. The predicted molar refractivity (Wildman–Crippen MR) is 107 cm³/mol. The number of hydrogen-bond acceptors (Lipinski definition) is 5. The van der Waals surface area contributed by atoms with E-state index in [0.29, 0.717) is 18.8 Å². The number of nitrogens with zero attached hydrogens (tertiary/aromatic N) is 4. The SMILES string of the molecule is CN(C)CCCn1c(=O)nc2n(c1=O)-c1ccccc1Sc1ccccc1-2. The monoisotopic (exact) mass is 380 g/mol. The summed E-state index contributed by atoms with van der Waals surface area (Å²) in [7, 11) is 3.94. The highest BCUT2D eigenvalue weighted by Gasteiger charge is 2.23. The van der Waals surface area contributed by atoms with E-state index < -0.39 is 5.69 Å². The fourth-order valence-corrected chi connectivity index (χ4v) is 4.28. The van der Waals surface area contributed by atoms with Crippen molar-refractivity contribution >= 4 is 11.8 Å². The lowest BCUT2D eigenvalue weighted by Gasteiger charge is -2.15. The average Bonchev–Trinajstić information content (AvgIpc) is 2.78. The number of benzene rings is 2. The van der Waals surface area contributed by atoms with Gasteiger partial charge in [-0.1, -0.05) is 42.1 Å². The summed E-state index contributed by atoms with van der Waals surface area (Å²) in [5, 5.41) is 0. The van der Waals surface area contributed by atoms with Gasteiger partial charge in [-0.05, 0) is 45.3 Å². The van der Waals surface area contributed by atoms with Gasteiger partial charge in [-0.15, -0.1) is 0 Å². The third-order valence-corrected chi connectivity index (χ3v) is 5.65. The molecule has 4 rings (SSSR count). The highest BCUT2D eigenvalue weighted by Crippen LogP contribution is 2.41. The van der Waals surface area contributed by atoms with Gasteiger partial charge in [0.05, 0.1) is 5.69 Å². The molecule has 0 saturated carbocycles. The molecule has 27 heavy (non-hydrogen) atoms. The van der Waals surface area contributed by atoms with Gasteiger partial charge in [-0.2, -0.15) is 4.98 Å². The third-order valence-electron chi connectivity index (χ3n) is 4.51. The minimum absolute atomic E-state index is 0.339. The molecule has 2 aromatic carbocycles. The summed E-state index contributed by atoms with van der Waals surface area (Å²) in [5.41, 5.74) is 0.721. The van der Waals surface area contributed by atoms with Gasteiger partial charge in [0.15, 0.2) is 5.82 Å². The predicted octanol–water partition coefficient (Wildman–Crippen LogP) is 2.48. The molecule has 0 aliphatic carbocycles. The molecular weight excluding hydrogens is 360 g/mol. The first-order valence-corrected chi connectivity index (χ1v) is 9.63. The quantitative estimate of drug-likeness (QED) is 0.544. The Balaban J connectivity index is 1.96. The highest BCUT2D eigenvalue weighted by molar-refractivity contribution is 7.99. The van der Waals surface area contributed by atoms with Crippen LogP contribution in [0.15, 0.2) is 67.9 Å². The van der Waals surface area contributed by atoms with E-state index in [-0.39, 0.29) is 5.69 Å². The molecule has 0 radical (unpaired) electrons. The molecule has 6 nitrogen and oxygen atoms in total. The van der Waals surface area contributed by atoms with Crippen LogP contribution in [0.5, 0.6) is 0 Å². The van der Waals surface area contributed by atoms with E-state index in [2.05, 4.69) is 4.98 Å². The minimum Gasteiger partial charge on any atom is -0.309 e. The minimum atomic E-state index is -0.496. The van der Waals surface area contributed by atoms with Crippen LogP contribution in [0.2, 0.25) is 0 Å². The van der Waals surface area contributed by atoms with Gasteiger partial charge in [0.1, 0.15) is 0 Å². The summed E-state index contributed by atoms with van der Waals surface area (Å²) >= 11 is 1.58. The molecule has 1 aromatic heterocycles. The largest absolute Gasteiger partial charge is 0.353 e. The molecule has 0 N–H and O–H groups in total. The Kier molecular flexibility index (Phi) is 4.72. The number of hydrogen-bond donors (Lipinski definition) is 0. The molecule has 0 unspecified atom stereocenters. The van der Waals surface area contributed by atoms with Crippen molar-refractivity contribution in [3.63, 3.8) is 0 Å². The summed E-state index contributed by atoms with van der Waals surface area (Å²) < 4.78 is 2.81. The number of fused-ring (bicyclic) bond motifs is 5. The van der Waals surface area contributed by atoms with E-state index in [1.54, 1.807) is 16.3 Å². The molecule has 0 saturated heterocycles. The number of rotatable bonds is 4. The zero-order valence-corrected chi connectivity index (χ0v) is 16.1. The second kappa shape index (κ2) is 7.17. The van der Waals surface area contributed by atoms with Crippen molar-refractivity contribution in [2.24, 2.45) is 0 Å². The van der Waals surface area contributed by atoms with E-state index in [9.17, 15) is 9.59 Å². The highest BCUT2D eigenvalue weighted by atomic mass is 32.2. The second-order valence-electron chi connectivity index (χ2n) is 6.71. The van der Waals surface area contributed by atoms with Gasteiger partial charge in [0.25, 0.3) is 0 Å². The van der Waals surface area contributed by atoms with E-state index >= 15 is 0 Å². The van der Waals surface area contributed by atoms with Crippen molar-refractivity contribution in [3.05, 3.63) is 69.5 Å². The molecule has 3 aromatic rings. The lowest BCUT2D eigenvalue weighted by Crippen LogP contribution is -2.42. The van der Waals surface area contributed by atoms with Gasteiger partial charge in [-0.3, -0.25) is 0 Å². The molecule has 0 amide bonds. The van der Waals surface area contributed by atoms with Gasteiger partial charge in [-0.25, -0.2) is 18.7 Å². The van der Waals surface area contributed by atoms with Crippen LogP contribution < -0.4 is 11.4 Å². The van der Waals surface area contributed by atoms with E-state index in [4.69, 9.17) is 0 Å². The Morgan fingerprint density at radius 1 is 1.00 bits per heavy atom. The molecule has 1 aliphatic heterocycles. The van der Waals surface area contributed by atoms with Crippen LogP contribution in [0.25, 0.3) is 17.1 Å². The van der Waals surface area contributed by atoms with Gasteiger partial charge >= 0.3 is 11.4 Å². The molecule has 2 heterocycles. The van der Waals surface area contributed by atoms with Crippen LogP contribution >= 0.6 is 11.8 Å². The standard InChI is InChI=1S/C20H20N4O2S/c1-22(2)12-7-13-23-19(25)21-18-14-8-3-5-10-16(14)27-17-11-6-4-9-15(17)24(18)20(23)26/h3-6,8-11H,7,12-13H2,1-2H3. The molecule has 0 bridgehead atoms. The molecular formula is C20H20N4O2S. The zero-order valence-electron chi connectivity index (χ0n) is 15.3. The summed E-state index contributed by atoms with van der Waals surface area (Å²) in [4.78, 5) is 34.2. The lowest BCUT2D eigenvalue weighted by molar-refractivity contribution is 0.380. The van der Waals surface area contributed by atoms with Crippen molar-refractivity contribution in [1.29, 1.82) is 0 Å². The van der Waals surface area contributed by atoms with Crippen LogP contribution in [0.1, 0.15) is 6.42 Å². The maximum atomic E-state index is 13.3. The summed E-state index contributed by atoms with van der Waals surface area (Å²) in [6, 6.07) is 15.5. The van der Waals surface area contributed by atoms with Crippen LogP contribution in [-0.2, 0) is 6.54 Å². The Hall–Kier alpha value is -2.64. The van der Waals surface area contributed by atoms with Crippen molar-refractivity contribution in [1.82, 2.24) is 19.0 Å². The number of para-hydroxylation sites is 1. The fraction of sp³-hybridized carbons (Fsp3) is 0.250. The first-order chi connectivity index (χ1) is 13.1. The molecule has 1 aliphatic rings. The maximum Gasteiger partial charge on any atom is 0.353 e. The van der Waals surface area contributed by atoms with Gasteiger partial charge in [0, 0.05) is 21.9 Å². The lowest BCUT2D eigenvalue weighted by atomic mass is 10.2. The second-order valence-corrected chi connectivity index (χ2v) is 7.79. The average molecular weight is 380 g/mol. The maximum absolute atomic E-state index is 13.3. The molecule has 7 heteroatoms. The Morgan fingerprint density at radius 2 is 1.70 bits per heavy atom.